The number of hydrogen-bond donors (Lipinski definition) is 1. The molecule has 64 valence electrons. The maximum Gasteiger partial charge on any atom is 0.310 e. The van der Waals surface area contributed by atoms with Crippen LogP contribution in [0.1, 0.15) is 33.6 Å². The average Bonchev–Trinajstić information content (AvgIpc) is 1.99. The van der Waals surface area contributed by atoms with Crippen molar-refractivity contribution in [3.05, 3.63) is 11.6 Å². The van der Waals surface area contributed by atoms with E-state index >= 15 is 0 Å². The highest BCUT2D eigenvalue weighted by atomic mass is 16.4. The number of allylic oxidation sites excluding steroid dienone is 1. The lowest BCUT2D eigenvalue weighted by Crippen LogP contribution is -2.06. The lowest BCUT2D eigenvalue weighted by atomic mass is 10.0. The average molecular weight is 156 g/mol. The summed E-state index contributed by atoms with van der Waals surface area (Å²) in [5.74, 6) is -1.09. The Labute approximate surface area is 67.9 Å². The Morgan fingerprint density at radius 3 is 2.18 bits per heavy atom. The summed E-state index contributed by atoms with van der Waals surface area (Å²) >= 11 is 0. The summed E-state index contributed by atoms with van der Waals surface area (Å²) in [5.41, 5.74) is 1.22. The second-order valence-corrected chi connectivity index (χ2v) is 2.66. The van der Waals surface area contributed by atoms with Gasteiger partial charge in [-0.1, -0.05) is 25.5 Å². The molecule has 0 rings (SSSR count). The Hall–Kier alpha value is -0.790. The van der Waals surface area contributed by atoms with E-state index < -0.39 is 5.97 Å². The lowest BCUT2D eigenvalue weighted by Gasteiger charge is -2.03. The molecule has 0 aliphatic heterocycles. The second-order valence-electron chi connectivity index (χ2n) is 2.66. The molecule has 11 heavy (non-hydrogen) atoms. The van der Waals surface area contributed by atoms with Gasteiger partial charge in [-0.15, -0.1) is 0 Å². The van der Waals surface area contributed by atoms with Crippen LogP contribution in [0, 0.1) is 5.92 Å². The van der Waals surface area contributed by atoms with E-state index in [0.29, 0.717) is 0 Å². The maximum absolute atomic E-state index is 10.4. The van der Waals surface area contributed by atoms with Crippen molar-refractivity contribution in [3.63, 3.8) is 0 Å². The third-order valence-corrected chi connectivity index (χ3v) is 1.78. The van der Waals surface area contributed by atoms with Crippen molar-refractivity contribution in [2.45, 2.75) is 33.6 Å². The van der Waals surface area contributed by atoms with Crippen LogP contribution in [0.25, 0.3) is 0 Å². The smallest absolute Gasteiger partial charge is 0.310 e. The molecule has 0 aromatic rings. The van der Waals surface area contributed by atoms with E-state index in [-0.39, 0.29) is 5.92 Å². The van der Waals surface area contributed by atoms with Crippen molar-refractivity contribution in [2.75, 3.05) is 0 Å². The number of carboxylic acid groups (broad SMARTS) is 1. The van der Waals surface area contributed by atoms with Crippen molar-refractivity contribution >= 4 is 5.97 Å². The Morgan fingerprint density at radius 1 is 1.45 bits per heavy atom. The first-order chi connectivity index (χ1) is 5.11. The van der Waals surface area contributed by atoms with Crippen LogP contribution >= 0.6 is 0 Å². The summed E-state index contributed by atoms with van der Waals surface area (Å²) in [7, 11) is 0. The Bertz CT molecular complexity index is 153. The number of aliphatic carboxylic acids is 1. The van der Waals surface area contributed by atoms with Gasteiger partial charge < -0.3 is 5.11 Å². The van der Waals surface area contributed by atoms with Gasteiger partial charge in [0.1, 0.15) is 0 Å². The number of hydrogen-bond acceptors (Lipinski definition) is 1. The van der Waals surface area contributed by atoms with Crippen LogP contribution in [0.15, 0.2) is 11.6 Å². The molecule has 0 fully saturated rings. The zero-order chi connectivity index (χ0) is 8.85. The molecule has 0 aromatic heterocycles. The minimum atomic E-state index is -0.746. The highest BCUT2D eigenvalue weighted by molar-refractivity contribution is 5.71. The van der Waals surface area contributed by atoms with E-state index in [4.69, 9.17) is 5.11 Å². The molecule has 0 spiro atoms. The zero-order valence-corrected chi connectivity index (χ0v) is 7.42. The summed E-state index contributed by atoms with van der Waals surface area (Å²) in [6, 6.07) is 0. The molecule has 0 aliphatic rings. The second kappa shape index (κ2) is 4.94. The normalized spacial score (nSPS) is 12.3. The first kappa shape index (κ1) is 10.2. The molecule has 0 heterocycles. The largest absolute Gasteiger partial charge is 0.481 e. The van der Waals surface area contributed by atoms with Gasteiger partial charge in [0.15, 0.2) is 0 Å². The molecule has 0 bridgehead atoms. The minimum absolute atomic E-state index is 0.343. The van der Waals surface area contributed by atoms with Gasteiger partial charge in [0.05, 0.1) is 5.92 Å². The first-order valence-corrected chi connectivity index (χ1v) is 4.04. The van der Waals surface area contributed by atoms with Crippen molar-refractivity contribution in [1.82, 2.24) is 0 Å². The first-order valence-electron chi connectivity index (χ1n) is 4.04. The van der Waals surface area contributed by atoms with E-state index in [1.165, 1.54) is 5.57 Å². The van der Waals surface area contributed by atoms with Crippen molar-refractivity contribution in [1.29, 1.82) is 0 Å². The fourth-order valence-electron chi connectivity index (χ4n) is 0.911. The highest BCUT2D eigenvalue weighted by Gasteiger charge is 2.06. The van der Waals surface area contributed by atoms with E-state index in [1.54, 1.807) is 6.92 Å². The maximum atomic E-state index is 10.4. The van der Waals surface area contributed by atoms with Gasteiger partial charge in [0, 0.05) is 0 Å². The molecule has 0 radical (unpaired) electrons. The number of carbonyl (C=O) groups is 1. The Morgan fingerprint density at radius 2 is 1.91 bits per heavy atom. The van der Waals surface area contributed by atoms with E-state index in [2.05, 4.69) is 0 Å². The predicted octanol–water partition coefficient (Wildman–Crippen LogP) is 2.45. The van der Waals surface area contributed by atoms with E-state index in [0.717, 1.165) is 12.8 Å². The van der Waals surface area contributed by atoms with E-state index in [1.807, 2.05) is 19.9 Å². The molecule has 1 atom stereocenters. The molecule has 1 unspecified atom stereocenters. The van der Waals surface area contributed by atoms with Crippen LogP contribution in [-0.4, -0.2) is 11.1 Å². The monoisotopic (exact) mass is 156 g/mol. The van der Waals surface area contributed by atoms with Gasteiger partial charge in [-0.2, -0.15) is 0 Å². The van der Waals surface area contributed by atoms with Crippen LogP contribution in [0.4, 0.5) is 0 Å². The molecule has 2 nitrogen and oxygen atoms in total. The molecule has 0 saturated heterocycles. The van der Waals surface area contributed by atoms with Crippen molar-refractivity contribution < 1.29 is 9.90 Å². The fraction of sp³-hybridized carbons (Fsp3) is 0.667. The topological polar surface area (TPSA) is 37.3 Å². The van der Waals surface area contributed by atoms with E-state index in [9.17, 15) is 4.79 Å². The Balaban J connectivity index is 4.14. The van der Waals surface area contributed by atoms with Crippen molar-refractivity contribution in [2.24, 2.45) is 5.92 Å². The quantitative estimate of drug-likeness (QED) is 0.635. The molecule has 0 amide bonds. The number of carboxylic acids is 1. The molecule has 0 aromatic carbocycles. The van der Waals surface area contributed by atoms with Crippen LogP contribution in [0.3, 0.4) is 0 Å². The van der Waals surface area contributed by atoms with Gasteiger partial charge in [0.25, 0.3) is 0 Å². The zero-order valence-electron chi connectivity index (χ0n) is 7.42. The molecule has 2 heteroatoms. The fourth-order valence-corrected chi connectivity index (χ4v) is 0.911. The van der Waals surface area contributed by atoms with Crippen LogP contribution in [0.2, 0.25) is 0 Å². The van der Waals surface area contributed by atoms with Crippen molar-refractivity contribution in [3.8, 4) is 0 Å². The van der Waals surface area contributed by atoms with Gasteiger partial charge in [-0.05, 0) is 19.8 Å². The summed E-state index contributed by atoms with van der Waals surface area (Å²) < 4.78 is 0. The number of rotatable bonds is 4. The highest BCUT2D eigenvalue weighted by Crippen LogP contribution is 2.10. The molecule has 1 N–H and O–H groups in total. The third-order valence-electron chi connectivity index (χ3n) is 1.78. The van der Waals surface area contributed by atoms with Gasteiger partial charge in [0.2, 0.25) is 0 Å². The van der Waals surface area contributed by atoms with Crippen LogP contribution < -0.4 is 0 Å². The molecule has 0 saturated carbocycles. The summed E-state index contributed by atoms with van der Waals surface area (Å²) in [4.78, 5) is 10.4. The molecular formula is C9H16O2. The summed E-state index contributed by atoms with van der Waals surface area (Å²) in [6.07, 6.45) is 3.74. The predicted molar refractivity (Wildman–Crippen MR) is 45.5 cm³/mol. The third kappa shape index (κ3) is 3.81. The van der Waals surface area contributed by atoms with Gasteiger partial charge >= 0.3 is 5.97 Å². The Kier molecular flexibility index (Phi) is 4.59. The molecular weight excluding hydrogens is 140 g/mol. The molecule has 0 aliphatic carbocycles. The van der Waals surface area contributed by atoms with Crippen LogP contribution in [-0.2, 0) is 4.79 Å². The standard InChI is InChI=1S/C9H16O2/c1-4-8(5-2)6-7(3)9(10)11/h6-7H,4-5H2,1-3H3,(H,10,11). The lowest BCUT2D eigenvalue weighted by molar-refractivity contribution is -0.139. The van der Waals surface area contributed by atoms with Crippen LogP contribution in [0.5, 0.6) is 0 Å². The van der Waals surface area contributed by atoms with Gasteiger partial charge in [-0.3, -0.25) is 4.79 Å². The SMILES string of the molecule is CCC(=CC(C)C(=O)O)CC. The van der Waals surface area contributed by atoms with Gasteiger partial charge in [-0.25, -0.2) is 0 Å². The summed E-state index contributed by atoms with van der Waals surface area (Å²) in [6.45, 7) is 5.79. The minimum Gasteiger partial charge on any atom is -0.481 e. The summed E-state index contributed by atoms with van der Waals surface area (Å²) in [5, 5.41) is 8.58.